The molecule has 0 fully saturated rings. The van der Waals surface area contributed by atoms with Gasteiger partial charge in [0.2, 0.25) is 0 Å². The summed E-state index contributed by atoms with van der Waals surface area (Å²) in [6, 6.07) is 20.1. The molecule has 0 radical (unpaired) electrons. The minimum atomic E-state index is -4.00. The van der Waals surface area contributed by atoms with E-state index < -0.39 is 22.5 Å². The first-order valence-electron chi connectivity index (χ1n) is 9.19. The van der Waals surface area contributed by atoms with Crippen LogP contribution in [0.5, 0.6) is 0 Å². The van der Waals surface area contributed by atoms with E-state index in [-0.39, 0.29) is 4.90 Å². The maximum absolute atomic E-state index is 13.3. The fraction of sp³-hybridized carbons (Fsp3) is 0.0909. The van der Waals surface area contributed by atoms with E-state index in [1.807, 2.05) is 24.3 Å². The number of anilines is 1. The van der Waals surface area contributed by atoms with Crippen LogP contribution in [-0.2, 0) is 14.8 Å². The molecule has 0 spiro atoms. The van der Waals surface area contributed by atoms with Crippen LogP contribution in [0, 0.1) is 6.92 Å². The second kappa shape index (κ2) is 10.1. The Morgan fingerprint density at radius 1 is 1.10 bits per heavy atom. The van der Waals surface area contributed by atoms with Gasteiger partial charge in [-0.2, -0.15) is 5.10 Å². The normalized spacial score (nSPS) is 11.5. The van der Waals surface area contributed by atoms with E-state index in [9.17, 15) is 13.2 Å². The first-order valence-corrected chi connectivity index (χ1v) is 11.8. The minimum Gasteiger partial charge on any atom is -0.271 e. The number of nitrogens with zero attached hydrogens (tertiary/aromatic N) is 2. The van der Waals surface area contributed by atoms with Crippen LogP contribution < -0.4 is 9.73 Å². The summed E-state index contributed by atoms with van der Waals surface area (Å²) in [4.78, 5) is 12.7. The molecule has 3 aromatic carbocycles. The molecule has 0 aliphatic heterocycles. The standard InChI is InChI=1S/C22H19BrClN3O3S/c1-16-12-19(24)10-11-21(16)27(31(29,30)20-8-3-2-4-9-20)15-22(28)26-25-14-17-6-5-7-18(23)13-17/h2-14H,15H2,1H3,(H,26,28)/b25-14-. The van der Waals surface area contributed by atoms with Crippen molar-refractivity contribution >= 4 is 55.4 Å². The fourth-order valence-corrected chi connectivity index (χ4v) is 5.00. The summed E-state index contributed by atoms with van der Waals surface area (Å²) in [5.74, 6) is -0.583. The Labute approximate surface area is 194 Å². The Bertz CT molecular complexity index is 1220. The van der Waals surface area contributed by atoms with Crippen molar-refractivity contribution in [2.24, 2.45) is 5.10 Å². The molecular formula is C22H19BrClN3O3S. The molecule has 0 heterocycles. The number of hydrazone groups is 1. The predicted octanol–water partition coefficient (Wildman–Crippen LogP) is 4.76. The third-order valence-corrected chi connectivity index (χ3v) is 6.80. The summed E-state index contributed by atoms with van der Waals surface area (Å²) in [5.41, 5.74) is 4.15. The van der Waals surface area contributed by atoms with Gasteiger partial charge in [-0.1, -0.05) is 57.9 Å². The first-order chi connectivity index (χ1) is 14.8. The number of carbonyl (C=O) groups excluding carboxylic acids is 1. The lowest BCUT2D eigenvalue weighted by Crippen LogP contribution is -2.40. The van der Waals surface area contributed by atoms with Gasteiger partial charge in [0.1, 0.15) is 6.54 Å². The van der Waals surface area contributed by atoms with Crippen molar-refractivity contribution < 1.29 is 13.2 Å². The number of nitrogens with one attached hydrogen (secondary N) is 1. The largest absolute Gasteiger partial charge is 0.271 e. The molecule has 0 aliphatic rings. The van der Waals surface area contributed by atoms with Crippen LogP contribution in [0.25, 0.3) is 0 Å². The molecule has 1 amide bonds. The van der Waals surface area contributed by atoms with Gasteiger partial charge in [0.25, 0.3) is 15.9 Å². The number of hydrogen-bond acceptors (Lipinski definition) is 4. The van der Waals surface area contributed by atoms with Crippen molar-refractivity contribution in [3.63, 3.8) is 0 Å². The van der Waals surface area contributed by atoms with Gasteiger partial charge in [0.15, 0.2) is 0 Å². The third kappa shape index (κ3) is 5.94. The molecular weight excluding hydrogens is 502 g/mol. The van der Waals surface area contributed by atoms with E-state index in [1.54, 1.807) is 43.3 Å². The summed E-state index contributed by atoms with van der Waals surface area (Å²) >= 11 is 9.39. The molecule has 0 aromatic heterocycles. The van der Waals surface area contributed by atoms with Crippen LogP contribution in [0.4, 0.5) is 5.69 Å². The molecule has 1 N–H and O–H groups in total. The van der Waals surface area contributed by atoms with Gasteiger partial charge in [-0.15, -0.1) is 0 Å². The van der Waals surface area contributed by atoms with Crippen molar-refractivity contribution in [3.8, 4) is 0 Å². The number of benzene rings is 3. The molecule has 0 saturated carbocycles. The van der Waals surface area contributed by atoms with Crippen molar-refractivity contribution in [2.75, 3.05) is 10.8 Å². The molecule has 3 aromatic rings. The van der Waals surface area contributed by atoms with Crippen molar-refractivity contribution in [3.05, 3.63) is 93.4 Å². The topological polar surface area (TPSA) is 78.8 Å². The van der Waals surface area contributed by atoms with E-state index in [0.29, 0.717) is 16.3 Å². The van der Waals surface area contributed by atoms with E-state index >= 15 is 0 Å². The lowest BCUT2D eigenvalue weighted by molar-refractivity contribution is -0.119. The Hall–Kier alpha value is -2.68. The first kappa shape index (κ1) is 23.0. The molecule has 9 heteroatoms. The van der Waals surface area contributed by atoms with Gasteiger partial charge in [0.05, 0.1) is 16.8 Å². The molecule has 0 saturated heterocycles. The summed E-state index contributed by atoms with van der Waals surface area (Å²) < 4.78 is 28.5. The van der Waals surface area contributed by atoms with Gasteiger partial charge < -0.3 is 0 Å². The summed E-state index contributed by atoms with van der Waals surface area (Å²) in [6.45, 7) is 1.29. The van der Waals surface area contributed by atoms with Gasteiger partial charge in [-0.25, -0.2) is 13.8 Å². The average molecular weight is 521 g/mol. The highest BCUT2D eigenvalue weighted by Crippen LogP contribution is 2.28. The van der Waals surface area contributed by atoms with E-state index in [1.165, 1.54) is 18.3 Å². The highest BCUT2D eigenvalue weighted by Gasteiger charge is 2.28. The van der Waals surface area contributed by atoms with E-state index in [0.717, 1.165) is 14.3 Å². The van der Waals surface area contributed by atoms with Crippen LogP contribution in [0.3, 0.4) is 0 Å². The van der Waals surface area contributed by atoms with Gasteiger partial charge in [-0.05, 0) is 60.5 Å². The quantitative estimate of drug-likeness (QED) is 0.360. The molecule has 31 heavy (non-hydrogen) atoms. The number of aryl methyl sites for hydroxylation is 1. The maximum Gasteiger partial charge on any atom is 0.264 e. The van der Waals surface area contributed by atoms with Crippen LogP contribution >= 0.6 is 27.5 Å². The van der Waals surface area contributed by atoms with Gasteiger partial charge in [-0.3, -0.25) is 9.10 Å². The Morgan fingerprint density at radius 2 is 1.84 bits per heavy atom. The number of hydrogen-bond donors (Lipinski definition) is 1. The third-order valence-electron chi connectivity index (χ3n) is 4.30. The second-order valence-corrected chi connectivity index (χ2v) is 9.82. The second-order valence-electron chi connectivity index (χ2n) is 6.60. The molecule has 0 atom stereocenters. The zero-order valence-electron chi connectivity index (χ0n) is 16.5. The molecule has 160 valence electrons. The Balaban J connectivity index is 1.87. The molecule has 0 bridgehead atoms. The van der Waals surface area contributed by atoms with Gasteiger partial charge >= 0.3 is 0 Å². The molecule has 6 nitrogen and oxygen atoms in total. The zero-order chi connectivity index (χ0) is 22.4. The number of halogens is 2. The van der Waals surface area contributed by atoms with Crippen molar-refractivity contribution in [1.82, 2.24) is 5.43 Å². The smallest absolute Gasteiger partial charge is 0.264 e. The van der Waals surface area contributed by atoms with Crippen LogP contribution in [0.1, 0.15) is 11.1 Å². The van der Waals surface area contributed by atoms with E-state index in [4.69, 9.17) is 11.6 Å². The average Bonchev–Trinajstić information content (AvgIpc) is 2.73. The van der Waals surface area contributed by atoms with Gasteiger partial charge in [0, 0.05) is 9.50 Å². The van der Waals surface area contributed by atoms with Crippen molar-refractivity contribution in [1.29, 1.82) is 0 Å². The van der Waals surface area contributed by atoms with E-state index in [2.05, 4.69) is 26.5 Å². The molecule has 0 unspecified atom stereocenters. The highest BCUT2D eigenvalue weighted by molar-refractivity contribution is 9.10. The Morgan fingerprint density at radius 3 is 2.52 bits per heavy atom. The monoisotopic (exact) mass is 519 g/mol. The van der Waals surface area contributed by atoms with Crippen LogP contribution in [-0.4, -0.2) is 27.1 Å². The highest BCUT2D eigenvalue weighted by atomic mass is 79.9. The predicted molar refractivity (Wildman–Crippen MR) is 127 cm³/mol. The molecule has 0 aliphatic carbocycles. The van der Waals surface area contributed by atoms with Crippen LogP contribution in [0.15, 0.2) is 87.3 Å². The zero-order valence-corrected chi connectivity index (χ0v) is 19.7. The molecule has 3 rings (SSSR count). The lowest BCUT2D eigenvalue weighted by Gasteiger charge is -2.25. The number of rotatable bonds is 7. The maximum atomic E-state index is 13.3. The summed E-state index contributed by atoms with van der Waals surface area (Å²) in [6.07, 6.45) is 1.48. The number of carbonyl (C=O) groups is 1. The lowest BCUT2D eigenvalue weighted by atomic mass is 10.2. The summed E-state index contributed by atoms with van der Waals surface area (Å²) in [5, 5.41) is 4.41. The number of amides is 1. The minimum absolute atomic E-state index is 0.0785. The SMILES string of the molecule is Cc1cc(Cl)ccc1N(CC(=O)N/N=C\c1cccc(Br)c1)S(=O)(=O)c1ccccc1. The Kier molecular flexibility index (Phi) is 7.48. The van der Waals surface area contributed by atoms with Crippen LogP contribution in [0.2, 0.25) is 5.02 Å². The number of sulfonamides is 1. The summed E-state index contributed by atoms with van der Waals surface area (Å²) in [7, 11) is -4.00. The van der Waals surface area contributed by atoms with Crippen molar-refractivity contribution in [2.45, 2.75) is 11.8 Å². The fourth-order valence-electron chi connectivity index (χ4n) is 2.85.